The van der Waals surface area contributed by atoms with Crippen LogP contribution in [0.25, 0.3) is 11.5 Å². The molecule has 2 N–H and O–H groups in total. The first-order chi connectivity index (χ1) is 6.29. The fourth-order valence-corrected chi connectivity index (χ4v) is 0.885. The smallest absolute Gasteiger partial charge is 0.358 e. The highest BCUT2D eigenvalue weighted by Gasteiger charge is 2.18. The monoisotopic (exact) mass is 180 g/mol. The Hall–Kier alpha value is -2.18. The number of aromatic amines is 1. The van der Waals surface area contributed by atoms with Gasteiger partial charge in [0, 0.05) is 0 Å². The predicted octanol–water partition coefficient (Wildman–Crippen LogP) is 0.158. The number of oxazole rings is 1. The van der Waals surface area contributed by atoms with Gasteiger partial charge in [-0.1, -0.05) is 0 Å². The van der Waals surface area contributed by atoms with Crippen LogP contribution in [0.2, 0.25) is 0 Å². The Morgan fingerprint density at radius 1 is 1.54 bits per heavy atom. The molecule has 0 aliphatic heterocycles. The molecule has 2 aromatic heterocycles. The summed E-state index contributed by atoms with van der Waals surface area (Å²) in [4.78, 5) is 14.2. The van der Waals surface area contributed by atoms with Gasteiger partial charge in [0.25, 0.3) is 0 Å². The van der Waals surface area contributed by atoms with E-state index in [4.69, 9.17) is 9.52 Å². The van der Waals surface area contributed by atoms with Gasteiger partial charge in [-0.3, -0.25) is 0 Å². The van der Waals surface area contributed by atoms with Crippen LogP contribution in [0, 0.1) is 0 Å². The van der Waals surface area contributed by atoms with Gasteiger partial charge in [-0.15, -0.1) is 5.10 Å². The average Bonchev–Trinajstić information content (AvgIpc) is 2.74. The number of carboxylic acids is 1. The number of hydrogen-bond acceptors (Lipinski definition) is 5. The van der Waals surface area contributed by atoms with Crippen molar-refractivity contribution in [1.29, 1.82) is 0 Å². The van der Waals surface area contributed by atoms with Gasteiger partial charge in [-0.25, -0.2) is 9.78 Å². The topological polar surface area (TPSA) is 105 Å². The Morgan fingerprint density at radius 2 is 2.38 bits per heavy atom. The Labute approximate surface area is 71.4 Å². The lowest BCUT2D eigenvalue weighted by Crippen LogP contribution is -1.98. The third-order valence-electron chi connectivity index (χ3n) is 1.42. The summed E-state index contributed by atoms with van der Waals surface area (Å²) in [5.41, 5.74) is -0.0400. The number of nitrogens with zero attached hydrogens (tertiary/aromatic N) is 3. The molecule has 2 rings (SSSR count). The zero-order valence-corrected chi connectivity index (χ0v) is 6.26. The molecule has 0 aliphatic carbocycles. The molecule has 0 saturated heterocycles. The van der Waals surface area contributed by atoms with E-state index in [1.54, 1.807) is 0 Å². The standard InChI is InChI=1S/C6H4N4O3/c11-6(12)5-4(8-10-9-5)3-1-7-2-13-3/h1-2H,(H,11,12)(H,8,9,10). The molecule has 0 bridgehead atoms. The number of aromatic carboxylic acids is 1. The molecule has 0 aromatic carbocycles. The lowest BCUT2D eigenvalue weighted by Gasteiger charge is -1.88. The molecule has 0 unspecified atom stereocenters. The molecule has 13 heavy (non-hydrogen) atoms. The molecule has 0 atom stereocenters. The van der Waals surface area contributed by atoms with E-state index in [9.17, 15) is 4.79 Å². The van der Waals surface area contributed by atoms with Crippen LogP contribution in [0.4, 0.5) is 0 Å². The van der Waals surface area contributed by atoms with Crippen molar-refractivity contribution in [3.63, 3.8) is 0 Å². The number of aromatic nitrogens is 4. The zero-order chi connectivity index (χ0) is 9.26. The fraction of sp³-hybridized carbons (Fsp3) is 0. The molecular formula is C6H4N4O3. The van der Waals surface area contributed by atoms with Gasteiger partial charge in [0.2, 0.25) is 5.69 Å². The summed E-state index contributed by atoms with van der Waals surface area (Å²) in [6.07, 6.45) is 2.56. The third-order valence-corrected chi connectivity index (χ3v) is 1.42. The highest BCUT2D eigenvalue weighted by molar-refractivity contribution is 5.91. The molecule has 0 fully saturated rings. The summed E-state index contributed by atoms with van der Waals surface area (Å²) in [5, 5.41) is 17.9. The van der Waals surface area contributed by atoms with Gasteiger partial charge >= 0.3 is 5.97 Å². The first-order valence-electron chi connectivity index (χ1n) is 3.32. The first kappa shape index (κ1) is 7.47. The number of H-pyrrole nitrogens is 1. The predicted molar refractivity (Wildman–Crippen MR) is 38.8 cm³/mol. The Bertz CT molecular complexity index is 419. The van der Waals surface area contributed by atoms with Crippen LogP contribution in [-0.2, 0) is 0 Å². The van der Waals surface area contributed by atoms with E-state index in [1.165, 1.54) is 12.6 Å². The lowest BCUT2D eigenvalue weighted by molar-refractivity contribution is 0.0691. The minimum atomic E-state index is -1.17. The summed E-state index contributed by atoms with van der Waals surface area (Å²) < 4.78 is 4.87. The SMILES string of the molecule is O=C(O)c1n[nH]nc1-c1cnco1. The van der Waals surface area contributed by atoms with E-state index in [0.29, 0.717) is 0 Å². The number of carboxylic acid groups (broad SMARTS) is 1. The van der Waals surface area contributed by atoms with E-state index >= 15 is 0 Å². The van der Waals surface area contributed by atoms with E-state index in [1.807, 2.05) is 0 Å². The second-order valence-electron chi connectivity index (χ2n) is 2.19. The van der Waals surface area contributed by atoms with E-state index in [2.05, 4.69) is 20.4 Å². The number of nitrogens with one attached hydrogen (secondary N) is 1. The highest BCUT2D eigenvalue weighted by Crippen LogP contribution is 2.17. The third kappa shape index (κ3) is 1.15. The molecule has 2 aromatic rings. The van der Waals surface area contributed by atoms with Crippen molar-refractivity contribution in [2.45, 2.75) is 0 Å². The maximum absolute atomic E-state index is 10.6. The van der Waals surface area contributed by atoms with Gasteiger partial charge in [0.05, 0.1) is 6.20 Å². The Morgan fingerprint density at radius 3 is 3.00 bits per heavy atom. The number of carbonyl (C=O) groups is 1. The summed E-state index contributed by atoms with van der Waals surface area (Å²) in [7, 11) is 0. The van der Waals surface area contributed by atoms with E-state index < -0.39 is 5.97 Å². The largest absolute Gasteiger partial charge is 0.476 e. The summed E-state index contributed by atoms with van der Waals surface area (Å²) in [6, 6.07) is 0. The van der Waals surface area contributed by atoms with Gasteiger partial charge in [-0.2, -0.15) is 10.3 Å². The van der Waals surface area contributed by atoms with Crippen molar-refractivity contribution < 1.29 is 14.3 Å². The van der Waals surface area contributed by atoms with Crippen LogP contribution in [0.3, 0.4) is 0 Å². The second-order valence-corrected chi connectivity index (χ2v) is 2.19. The molecule has 0 spiro atoms. The summed E-state index contributed by atoms with van der Waals surface area (Å²) in [6.45, 7) is 0. The van der Waals surface area contributed by atoms with Gasteiger partial charge < -0.3 is 9.52 Å². The van der Waals surface area contributed by atoms with Crippen LogP contribution in [0.1, 0.15) is 10.5 Å². The van der Waals surface area contributed by atoms with Crippen LogP contribution in [0.15, 0.2) is 17.0 Å². The van der Waals surface area contributed by atoms with Crippen LogP contribution in [0.5, 0.6) is 0 Å². The normalized spacial score (nSPS) is 10.2. The van der Waals surface area contributed by atoms with E-state index in [-0.39, 0.29) is 17.1 Å². The van der Waals surface area contributed by atoms with Crippen LogP contribution < -0.4 is 0 Å². The van der Waals surface area contributed by atoms with Gasteiger partial charge in [-0.05, 0) is 0 Å². The molecule has 0 radical (unpaired) electrons. The van der Waals surface area contributed by atoms with Crippen molar-refractivity contribution in [3.05, 3.63) is 18.3 Å². The summed E-state index contributed by atoms with van der Waals surface area (Å²) >= 11 is 0. The van der Waals surface area contributed by atoms with Crippen molar-refractivity contribution >= 4 is 5.97 Å². The lowest BCUT2D eigenvalue weighted by atomic mass is 10.3. The molecule has 7 heteroatoms. The van der Waals surface area contributed by atoms with Gasteiger partial charge in [0.1, 0.15) is 0 Å². The molecule has 66 valence electrons. The molecular weight excluding hydrogens is 176 g/mol. The molecule has 2 heterocycles. The fourth-order valence-electron chi connectivity index (χ4n) is 0.885. The second kappa shape index (κ2) is 2.70. The minimum absolute atomic E-state index is 0.144. The molecule has 0 saturated carbocycles. The minimum Gasteiger partial charge on any atom is -0.476 e. The number of hydrogen-bond donors (Lipinski definition) is 2. The van der Waals surface area contributed by atoms with Crippen LogP contribution >= 0.6 is 0 Å². The Kier molecular flexibility index (Phi) is 1.55. The maximum atomic E-state index is 10.6. The highest BCUT2D eigenvalue weighted by atomic mass is 16.4. The van der Waals surface area contributed by atoms with E-state index in [0.717, 1.165) is 0 Å². The molecule has 7 nitrogen and oxygen atoms in total. The van der Waals surface area contributed by atoms with Crippen molar-refractivity contribution in [2.75, 3.05) is 0 Å². The quantitative estimate of drug-likeness (QED) is 0.681. The number of rotatable bonds is 2. The van der Waals surface area contributed by atoms with Gasteiger partial charge in [0.15, 0.2) is 17.8 Å². The maximum Gasteiger partial charge on any atom is 0.358 e. The van der Waals surface area contributed by atoms with Crippen molar-refractivity contribution in [2.24, 2.45) is 0 Å². The molecule has 0 amide bonds. The first-order valence-corrected chi connectivity index (χ1v) is 3.32. The Balaban J connectivity index is 2.52. The van der Waals surface area contributed by atoms with Crippen molar-refractivity contribution in [1.82, 2.24) is 20.4 Å². The zero-order valence-electron chi connectivity index (χ0n) is 6.26. The molecule has 0 aliphatic rings. The summed E-state index contributed by atoms with van der Waals surface area (Å²) in [5.74, 6) is -0.897. The van der Waals surface area contributed by atoms with Crippen molar-refractivity contribution in [3.8, 4) is 11.5 Å². The average molecular weight is 180 g/mol. The van der Waals surface area contributed by atoms with Crippen LogP contribution in [-0.4, -0.2) is 31.5 Å².